The fourth-order valence-electron chi connectivity index (χ4n) is 6.90. The molecule has 19 nitrogen and oxygen atoms in total. The standard InChI is InChI=1S/C44H53N7O12/c1-23(2)37(51-40(58)25(4)47-44(62)63-22-31-29-16-10-8-14-27(29)28-15-9-11-17-30(28)31)43(61)50-34(21-36(54)55)41(59)46-24(3)39(57)49-33(20-26-12-6-5-7-13-26)42(60)48-32(38(45)56)18-19-35(52)53/h5-17,23-25,31-34,37H,18-22H2,1-4H3,(H2,45,56)(H,46,59)(H,47,62)(H,48,60)(H,49,57)(H,50,61)(H,51,58)(H,52,53)(H,54,55)/t24-,25-,32-,33-,34-,37-/m0/s1. The molecule has 1 aliphatic carbocycles. The number of benzene rings is 3. The Morgan fingerprint density at radius 3 is 1.65 bits per heavy atom. The van der Waals surface area contributed by atoms with E-state index >= 15 is 0 Å². The molecule has 0 unspecified atom stereocenters. The van der Waals surface area contributed by atoms with Crippen LogP contribution in [0.3, 0.4) is 0 Å². The van der Waals surface area contributed by atoms with Crippen LogP contribution in [0.4, 0.5) is 4.79 Å². The van der Waals surface area contributed by atoms with Crippen LogP contribution >= 0.6 is 0 Å². The number of hydrogen-bond acceptors (Lipinski definition) is 10. The highest BCUT2D eigenvalue weighted by Crippen LogP contribution is 2.44. The van der Waals surface area contributed by atoms with Crippen LogP contribution in [0.1, 0.15) is 69.6 Å². The number of aliphatic carboxylic acids is 2. The van der Waals surface area contributed by atoms with E-state index in [-0.39, 0.29) is 25.4 Å². The monoisotopic (exact) mass is 871 g/mol. The maximum atomic E-state index is 13.5. The van der Waals surface area contributed by atoms with Crippen LogP contribution in [0.2, 0.25) is 0 Å². The molecule has 0 heterocycles. The predicted molar refractivity (Wildman–Crippen MR) is 226 cm³/mol. The summed E-state index contributed by atoms with van der Waals surface area (Å²) in [5.41, 5.74) is 10.0. The van der Waals surface area contributed by atoms with Crippen molar-refractivity contribution in [3.05, 3.63) is 95.6 Å². The largest absolute Gasteiger partial charge is 0.481 e. The summed E-state index contributed by atoms with van der Waals surface area (Å²) in [6, 6.07) is 15.6. The Kier molecular flexibility index (Phi) is 17.3. The molecule has 3 aromatic rings. The highest BCUT2D eigenvalue weighted by atomic mass is 16.5. The first kappa shape index (κ1) is 48.4. The Morgan fingerprint density at radius 1 is 0.587 bits per heavy atom. The molecule has 4 rings (SSSR count). The van der Waals surface area contributed by atoms with E-state index in [1.165, 1.54) is 13.8 Å². The van der Waals surface area contributed by atoms with Crippen LogP contribution in [0.15, 0.2) is 78.9 Å². The molecule has 0 saturated heterocycles. The van der Waals surface area contributed by atoms with Crippen LogP contribution in [0.25, 0.3) is 11.1 Å². The van der Waals surface area contributed by atoms with Crippen molar-refractivity contribution >= 4 is 53.5 Å². The first-order chi connectivity index (χ1) is 29.9. The molecule has 1 aliphatic rings. The summed E-state index contributed by atoms with van der Waals surface area (Å²) >= 11 is 0. The molecule has 19 heteroatoms. The van der Waals surface area contributed by atoms with Crippen molar-refractivity contribution in [1.82, 2.24) is 31.9 Å². The van der Waals surface area contributed by atoms with Gasteiger partial charge in [0.2, 0.25) is 35.4 Å². The topological polar surface area (TPSA) is 302 Å². The minimum absolute atomic E-state index is 0.00427. The highest BCUT2D eigenvalue weighted by Gasteiger charge is 2.34. The predicted octanol–water partition coefficient (Wildman–Crippen LogP) is 1.08. The highest BCUT2D eigenvalue weighted by molar-refractivity contribution is 5.98. The van der Waals surface area contributed by atoms with Crippen molar-refractivity contribution in [2.24, 2.45) is 11.7 Å². The maximum Gasteiger partial charge on any atom is 0.407 e. The van der Waals surface area contributed by atoms with Crippen LogP contribution in [0, 0.1) is 5.92 Å². The number of primary amides is 1. The minimum Gasteiger partial charge on any atom is -0.481 e. The fraction of sp³-hybridized carbons (Fsp3) is 0.386. The molecule has 3 aromatic carbocycles. The van der Waals surface area contributed by atoms with Gasteiger partial charge in [-0.3, -0.25) is 38.4 Å². The zero-order chi connectivity index (χ0) is 46.4. The number of carbonyl (C=O) groups is 9. The summed E-state index contributed by atoms with van der Waals surface area (Å²) in [6.07, 6.45) is -2.69. The second kappa shape index (κ2) is 22.5. The molecule has 336 valence electrons. The Morgan fingerprint density at radius 2 is 1.10 bits per heavy atom. The molecule has 10 N–H and O–H groups in total. The Labute approximate surface area is 363 Å². The Bertz CT molecular complexity index is 2140. The normalized spacial score (nSPS) is 14.5. The second-order valence-electron chi connectivity index (χ2n) is 15.5. The lowest BCUT2D eigenvalue weighted by atomic mass is 9.98. The van der Waals surface area contributed by atoms with Gasteiger partial charge in [-0.25, -0.2) is 4.79 Å². The van der Waals surface area contributed by atoms with Crippen LogP contribution < -0.4 is 37.6 Å². The summed E-state index contributed by atoms with van der Waals surface area (Å²) in [4.78, 5) is 115. The van der Waals surface area contributed by atoms with Crippen LogP contribution in [0.5, 0.6) is 0 Å². The fourth-order valence-corrected chi connectivity index (χ4v) is 6.90. The average molecular weight is 872 g/mol. The second-order valence-corrected chi connectivity index (χ2v) is 15.5. The number of hydrogen-bond donors (Lipinski definition) is 9. The third-order valence-corrected chi connectivity index (χ3v) is 10.3. The number of carbonyl (C=O) groups excluding carboxylic acids is 7. The van der Waals surface area contributed by atoms with E-state index < -0.39 is 108 Å². The van der Waals surface area contributed by atoms with E-state index in [0.717, 1.165) is 22.3 Å². The number of ether oxygens (including phenoxy) is 1. The number of nitrogens with two attached hydrogens (primary N) is 1. The van der Waals surface area contributed by atoms with Gasteiger partial charge in [-0.15, -0.1) is 0 Å². The summed E-state index contributed by atoms with van der Waals surface area (Å²) < 4.78 is 5.53. The number of nitrogens with one attached hydrogen (secondary N) is 6. The lowest BCUT2D eigenvalue weighted by Crippen LogP contribution is -2.60. The molecular formula is C44H53N7O12. The zero-order valence-electron chi connectivity index (χ0n) is 35.2. The smallest absolute Gasteiger partial charge is 0.407 e. The Balaban J connectivity index is 1.36. The third-order valence-electron chi connectivity index (χ3n) is 10.3. The number of carboxylic acid groups (broad SMARTS) is 2. The zero-order valence-corrected chi connectivity index (χ0v) is 35.2. The first-order valence-corrected chi connectivity index (χ1v) is 20.3. The summed E-state index contributed by atoms with van der Waals surface area (Å²) in [5, 5.41) is 33.1. The van der Waals surface area contributed by atoms with Crippen molar-refractivity contribution in [3.63, 3.8) is 0 Å². The minimum atomic E-state index is -1.74. The van der Waals surface area contributed by atoms with Crippen molar-refractivity contribution in [1.29, 1.82) is 0 Å². The van der Waals surface area contributed by atoms with Crippen LogP contribution in [-0.2, 0) is 49.5 Å². The average Bonchev–Trinajstić information content (AvgIpc) is 3.55. The third kappa shape index (κ3) is 13.9. The summed E-state index contributed by atoms with van der Waals surface area (Å²) in [5.74, 6) is -9.11. The van der Waals surface area contributed by atoms with Gasteiger partial charge in [0.15, 0.2) is 0 Å². The lowest BCUT2D eigenvalue weighted by Gasteiger charge is -2.27. The Hall–Kier alpha value is -7.31. The molecule has 7 amide bonds. The molecule has 0 spiro atoms. The van der Waals surface area contributed by atoms with Crippen LogP contribution in [-0.4, -0.2) is 107 Å². The number of alkyl carbamates (subject to hydrolysis) is 1. The number of amides is 7. The number of carboxylic acids is 2. The van der Waals surface area contributed by atoms with Crippen molar-refractivity contribution < 1.29 is 58.1 Å². The van der Waals surface area contributed by atoms with E-state index in [1.54, 1.807) is 44.2 Å². The SMILES string of the molecule is CC(C)[C@H](NC(=O)[C@H](C)NC(=O)OCC1c2ccccc2-c2ccccc21)C(=O)N[C@@H](CC(=O)O)C(=O)N[C@@H](C)C(=O)N[C@@H](Cc1ccccc1)C(=O)N[C@@H](CCC(=O)O)C(N)=O. The van der Waals surface area contributed by atoms with E-state index in [1.807, 2.05) is 48.5 Å². The molecule has 0 saturated carbocycles. The summed E-state index contributed by atoms with van der Waals surface area (Å²) in [6.45, 7) is 5.79. The molecule has 63 heavy (non-hydrogen) atoms. The van der Waals surface area contributed by atoms with Gasteiger partial charge in [-0.05, 0) is 54.0 Å². The molecule has 0 bridgehead atoms. The lowest BCUT2D eigenvalue weighted by molar-refractivity contribution is -0.141. The summed E-state index contributed by atoms with van der Waals surface area (Å²) in [7, 11) is 0. The van der Waals surface area contributed by atoms with Gasteiger partial charge in [0, 0.05) is 18.8 Å². The van der Waals surface area contributed by atoms with Crippen molar-refractivity contribution in [3.8, 4) is 11.1 Å². The van der Waals surface area contributed by atoms with Gasteiger partial charge in [0.1, 0.15) is 42.9 Å². The quantitative estimate of drug-likeness (QED) is 0.0686. The van der Waals surface area contributed by atoms with E-state index in [2.05, 4.69) is 31.9 Å². The van der Waals surface area contributed by atoms with Gasteiger partial charge in [-0.1, -0.05) is 92.7 Å². The number of fused-ring (bicyclic) bond motifs is 3. The van der Waals surface area contributed by atoms with Gasteiger partial charge in [0.05, 0.1) is 6.42 Å². The molecule has 0 fully saturated rings. The van der Waals surface area contributed by atoms with E-state index in [9.17, 15) is 48.3 Å². The van der Waals surface area contributed by atoms with Gasteiger partial charge in [-0.2, -0.15) is 0 Å². The van der Waals surface area contributed by atoms with Gasteiger partial charge in [0.25, 0.3) is 0 Å². The van der Waals surface area contributed by atoms with Gasteiger partial charge >= 0.3 is 18.0 Å². The number of rotatable bonds is 22. The molecule has 0 radical (unpaired) electrons. The van der Waals surface area contributed by atoms with Crippen molar-refractivity contribution in [2.75, 3.05) is 6.61 Å². The first-order valence-electron chi connectivity index (χ1n) is 20.3. The van der Waals surface area contributed by atoms with E-state index in [0.29, 0.717) is 5.56 Å². The van der Waals surface area contributed by atoms with Gasteiger partial charge < -0.3 is 52.6 Å². The molecule has 0 aliphatic heterocycles. The molecule has 6 atom stereocenters. The maximum absolute atomic E-state index is 13.5. The van der Waals surface area contributed by atoms with Crippen molar-refractivity contribution in [2.45, 2.75) is 95.5 Å². The molecular weight excluding hydrogens is 819 g/mol. The molecule has 0 aromatic heterocycles. The van der Waals surface area contributed by atoms with E-state index in [4.69, 9.17) is 15.6 Å².